The van der Waals surface area contributed by atoms with Gasteiger partial charge in [-0.3, -0.25) is 19.4 Å². The molecule has 4 heterocycles. The first kappa shape index (κ1) is 20.0. The van der Waals surface area contributed by atoms with Crippen molar-refractivity contribution in [2.45, 2.75) is 25.8 Å². The third-order valence-corrected chi connectivity index (χ3v) is 6.22. The number of rotatable bonds is 2. The van der Waals surface area contributed by atoms with Crippen LogP contribution in [0.1, 0.15) is 31.4 Å². The van der Waals surface area contributed by atoms with Gasteiger partial charge < -0.3 is 16.0 Å². The second kappa shape index (κ2) is 7.63. The summed E-state index contributed by atoms with van der Waals surface area (Å²) in [4.78, 5) is 32.1. The first-order valence-corrected chi connectivity index (χ1v) is 10.5. The van der Waals surface area contributed by atoms with Crippen molar-refractivity contribution < 1.29 is 9.59 Å². The Morgan fingerprint density at radius 1 is 1.19 bits per heavy atom. The Labute approximate surface area is 183 Å². The molecule has 2 amide bonds. The molecular weight excluding hydrogens is 408 g/mol. The highest BCUT2D eigenvalue weighted by molar-refractivity contribution is 6.40. The molecule has 0 aliphatic carbocycles. The number of nitrogen functional groups attached to an aromatic ring is 1. The molecule has 10 nitrogen and oxygen atoms in total. The van der Waals surface area contributed by atoms with Gasteiger partial charge >= 0.3 is 11.8 Å². The predicted octanol–water partition coefficient (Wildman–Crippen LogP) is 2.37. The summed E-state index contributed by atoms with van der Waals surface area (Å²) in [6, 6.07) is 5.78. The summed E-state index contributed by atoms with van der Waals surface area (Å²) in [7, 11) is 1.89. The molecule has 1 unspecified atom stereocenters. The van der Waals surface area contributed by atoms with Crippen LogP contribution in [0.3, 0.4) is 0 Å². The molecule has 3 aromatic heterocycles. The number of anilines is 2. The van der Waals surface area contributed by atoms with Crippen molar-refractivity contribution in [2.75, 3.05) is 17.6 Å². The normalized spacial score (nSPS) is 18.9. The minimum atomic E-state index is -0.718. The van der Waals surface area contributed by atoms with Crippen molar-refractivity contribution >= 4 is 45.1 Å². The molecule has 1 saturated heterocycles. The lowest BCUT2D eigenvalue weighted by Crippen LogP contribution is -2.46. The van der Waals surface area contributed by atoms with E-state index in [-0.39, 0.29) is 6.04 Å². The molecule has 0 spiro atoms. The molecular formula is C22H24N8O2. The highest BCUT2D eigenvalue weighted by Crippen LogP contribution is 2.37. The number of benzene rings is 1. The zero-order chi connectivity index (χ0) is 22.4. The van der Waals surface area contributed by atoms with E-state index in [1.54, 1.807) is 4.90 Å². The second-order valence-electron chi connectivity index (χ2n) is 8.37. The highest BCUT2D eigenvalue weighted by atomic mass is 16.2. The van der Waals surface area contributed by atoms with Gasteiger partial charge in [0.15, 0.2) is 0 Å². The van der Waals surface area contributed by atoms with Crippen LogP contribution in [0.5, 0.6) is 0 Å². The van der Waals surface area contributed by atoms with E-state index < -0.39 is 11.8 Å². The van der Waals surface area contributed by atoms with E-state index in [0.29, 0.717) is 34.9 Å². The van der Waals surface area contributed by atoms with Gasteiger partial charge in [-0.25, -0.2) is 4.98 Å². The number of pyridine rings is 1. The Balaban J connectivity index is 1.46. The number of nitrogens with zero attached hydrogens (tertiary/aromatic N) is 5. The van der Waals surface area contributed by atoms with Crippen LogP contribution in [-0.2, 0) is 16.6 Å². The SMILES string of the molecule is C[C@H]1CCC(c2cccc3c2cnn3C)N(C(=O)C(=O)Nc2cnc(N)c3cn[nH]c23)C1. The van der Waals surface area contributed by atoms with Gasteiger partial charge in [0.05, 0.1) is 46.7 Å². The van der Waals surface area contributed by atoms with E-state index in [4.69, 9.17) is 5.73 Å². The molecule has 0 saturated carbocycles. The van der Waals surface area contributed by atoms with Crippen LogP contribution in [0.2, 0.25) is 0 Å². The summed E-state index contributed by atoms with van der Waals surface area (Å²) in [5.41, 5.74) is 8.75. The first-order chi connectivity index (χ1) is 15.4. The minimum absolute atomic E-state index is 0.200. The van der Waals surface area contributed by atoms with Crippen LogP contribution in [-0.4, -0.2) is 48.2 Å². The van der Waals surface area contributed by atoms with Crippen molar-refractivity contribution in [1.82, 2.24) is 29.9 Å². The summed E-state index contributed by atoms with van der Waals surface area (Å²) in [6.07, 6.45) is 6.53. The number of nitrogens with one attached hydrogen (secondary N) is 2. The van der Waals surface area contributed by atoms with Crippen LogP contribution < -0.4 is 11.1 Å². The Hall–Kier alpha value is -3.95. The number of hydrogen-bond acceptors (Lipinski definition) is 6. The van der Waals surface area contributed by atoms with Crippen molar-refractivity contribution in [3.63, 3.8) is 0 Å². The zero-order valence-electron chi connectivity index (χ0n) is 17.9. The summed E-state index contributed by atoms with van der Waals surface area (Å²) in [5.74, 6) is -0.696. The lowest BCUT2D eigenvalue weighted by atomic mass is 9.88. The Bertz CT molecular complexity index is 1340. The fourth-order valence-corrected chi connectivity index (χ4v) is 4.55. The molecule has 0 bridgehead atoms. The van der Waals surface area contributed by atoms with E-state index in [1.807, 2.05) is 36.1 Å². The average molecular weight is 432 g/mol. The highest BCUT2D eigenvalue weighted by Gasteiger charge is 2.35. The monoisotopic (exact) mass is 432 g/mol. The molecule has 1 aromatic carbocycles. The number of piperidine rings is 1. The maximum absolute atomic E-state index is 13.3. The summed E-state index contributed by atoms with van der Waals surface area (Å²) < 4.78 is 1.81. The number of aryl methyl sites for hydroxylation is 1. The fraction of sp³-hybridized carbons (Fsp3) is 0.318. The third-order valence-electron chi connectivity index (χ3n) is 6.22. The van der Waals surface area contributed by atoms with Gasteiger partial charge in [-0.15, -0.1) is 0 Å². The van der Waals surface area contributed by atoms with Crippen molar-refractivity contribution in [3.8, 4) is 0 Å². The number of fused-ring (bicyclic) bond motifs is 2. The third kappa shape index (κ3) is 3.24. The van der Waals surface area contributed by atoms with Crippen molar-refractivity contribution in [3.05, 3.63) is 42.4 Å². The molecule has 4 aromatic rings. The largest absolute Gasteiger partial charge is 0.383 e. The van der Waals surface area contributed by atoms with E-state index >= 15 is 0 Å². The lowest BCUT2D eigenvalue weighted by molar-refractivity contribution is -0.146. The fourth-order valence-electron chi connectivity index (χ4n) is 4.55. The van der Waals surface area contributed by atoms with Gasteiger partial charge in [-0.05, 0) is 30.4 Å². The number of carbonyl (C=O) groups excluding carboxylic acids is 2. The number of likely N-dealkylation sites (tertiary alicyclic amines) is 1. The van der Waals surface area contributed by atoms with Gasteiger partial charge in [-0.1, -0.05) is 19.1 Å². The number of H-pyrrole nitrogens is 1. The summed E-state index contributed by atoms with van der Waals surface area (Å²) >= 11 is 0. The van der Waals surface area contributed by atoms with E-state index in [9.17, 15) is 9.59 Å². The van der Waals surface area contributed by atoms with Gasteiger partial charge in [-0.2, -0.15) is 10.2 Å². The standard InChI is InChI=1S/C22H24N8O2/c1-12-6-7-18(13-4-3-5-17-14(13)9-26-29(17)2)30(11-12)22(32)21(31)27-16-10-24-20(23)15-8-25-28-19(15)16/h3-5,8-10,12,18H,6-7,11H2,1-2H3,(H2,23,24)(H,25,28)(H,27,31)/t12-,18?/m0/s1. The van der Waals surface area contributed by atoms with Crippen LogP contribution in [0.25, 0.3) is 21.8 Å². The minimum Gasteiger partial charge on any atom is -0.383 e. The molecule has 2 atom stereocenters. The van der Waals surface area contributed by atoms with Gasteiger partial charge in [0.25, 0.3) is 0 Å². The Kier molecular flexibility index (Phi) is 4.76. The molecule has 164 valence electrons. The molecule has 1 aliphatic heterocycles. The number of carbonyl (C=O) groups is 2. The molecule has 1 fully saturated rings. The topological polar surface area (TPSA) is 135 Å². The maximum Gasteiger partial charge on any atom is 0.314 e. The Morgan fingerprint density at radius 2 is 2.03 bits per heavy atom. The molecule has 32 heavy (non-hydrogen) atoms. The van der Waals surface area contributed by atoms with Crippen molar-refractivity contribution in [2.24, 2.45) is 13.0 Å². The first-order valence-electron chi connectivity index (χ1n) is 10.5. The van der Waals surface area contributed by atoms with Crippen LogP contribution in [0.4, 0.5) is 11.5 Å². The molecule has 4 N–H and O–H groups in total. The number of amides is 2. The maximum atomic E-state index is 13.3. The van der Waals surface area contributed by atoms with Crippen molar-refractivity contribution in [1.29, 1.82) is 0 Å². The zero-order valence-corrected chi connectivity index (χ0v) is 17.9. The quantitative estimate of drug-likeness (QED) is 0.416. The molecule has 5 rings (SSSR count). The molecule has 10 heteroatoms. The molecule has 1 aliphatic rings. The van der Waals surface area contributed by atoms with Crippen LogP contribution in [0, 0.1) is 5.92 Å². The summed E-state index contributed by atoms with van der Waals surface area (Å²) in [5, 5.41) is 15.4. The predicted molar refractivity (Wildman–Crippen MR) is 120 cm³/mol. The number of aromatic nitrogens is 5. The average Bonchev–Trinajstić information content (AvgIpc) is 3.43. The van der Waals surface area contributed by atoms with Gasteiger partial charge in [0.1, 0.15) is 5.82 Å². The smallest absolute Gasteiger partial charge is 0.314 e. The van der Waals surface area contributed by atoms with Gasteiger partial charge in [0, 0.05) is 19.0 Å². The van der Waals surface area contributed by atoms with Crippen LogP contribution >= 0.6 is 0 Å². The second-order valence-corrected chi connectivity index (χ2v) is 8.37. The lowest BCUT2D eigenvalue weighted by Gasteiger charge is -2.38. The number of hydrogen-bond donors (Lipinski definition) is 3. The van der Waals surface area contributed by atoms with E-state index in [1.165, 1.54) is 12.4 Å². The van der Waals surface area contributed by atoms with Crippen LogP contribution in [0.15, 0.2) is 36.8 Å². The Morgan fingerprint density at radius 3 is 2.88 bits per heavy atom. The molecule has 0 radical (unpaired) electrons. The number of nitrogens with two attached hydrogens (primary N) is 1. The number of aromatic amines is 1. The summed E-state index contributed by atoms with van der Waals surface area (Å²) in [6.45, 7) is 2.60. The van der Waals surface area contributed by atoms with E-state index in [0.717, 1.165) is 29.3 Å². The van der Waals surface area contributed by atoms with Gasteiger partial charge in [0.2, 0.25) is 0 Å². The van der Waals surface area contributed by atoms with E-state index in [2.05, 4.69) is 32.5 Å².